The molecule has 2 saturated heterocycles. The summed E-state index contributed by atoms with van der Waals surface area (Å²) in [6, 6.07) is 0. The van der Waals surface area contributed by atoms with Crippen LogP contribution in [0.25, 0.3) is 0 Å². The SMILES string of the molecule is COCCC(=O)OC.COCCC(=O)ON(C1CO1)C1CO1. The fourth-order valence-corrected chi connectivity index (χ4v) is 1.32. The van der Waals surface area contributed by atoms with E-state index in [1.54, 1.807) is 14.2 Å². The first-order valence-corrected chi connectivity index (χ1v) is 6.89. The molecule has 2 rings (SSSR count). The number of hydroxylamine groups is 2. The van der Waals surface area contributed by atoms with E-state index in [9.17, 15) is 9.59 Å². The van der Waals surface area contributed by atoms with Crippen molar-refractivity contribution in [2.75, 3.05) is 47.8 Å². The van der Waals surface area contributed by atoms with Crippen molar-refractivity contribution >= 4 is 11.9 Å². The minimum atomic E-state index is -0.321. The van der Waals surface area contributed by atoms with Crippen molar-refractivity contribution in [2.24, 2.45) is 0 Å². The van der Waals surface area contributed by atoms with Gasteiger partial charge in [-0.3, -0.25) is 9.59 Å². The Morgan fingerprint density at radius 1 is 0.955 bits per heavy atom. The minimum Gasteiger partial charge on any atom is -0.469 e. The molecule has 0 aromatic carbocycles. The zero-order chi connectivity index (χ0) is 16.4. The van der Waals surface area contributed by atoms with Crippen LogP contribution in [0, 0.1) is 0 Å². The summed E-state index contributed by atoms with van der Waals surface area (Å²) in [5.41, 5.74) is 0. The van der Waals surface area contributed by atoms with Crippen LogP contribution in [-0.4, -0.2) is 77.2 Å². The van der Waals surface area contributed by atoms with Gasteiger partial charge < -0.3 is 28.5 Å². The van der Waals surface area contributed by atoms with E-state index in [1.807, 2.05) is 0 Å². The second-order valence-corrected chi connectivity index (χ2v) is 4.46. The largest absolute Gasteiger partial charge is 0.469 e. The molecule has 2 unspecified atom stereocenters. The summed E-state index contributed by atoms with van der Waals surface area (Å²) in [6.45, 7) is 1.99. The van der Waals surface area contributed by atoms with Crippen LogP contribution in [0.2, 0.25) is 0 Å². The first-order valence-electron chi connectivity index (χ1n) is 6.89. The van der Waals surface area contributed by atoms with Crippen molar-refractivity contribution in [1.82, 2.24) is 5.06 Å². The van der Waals surface area contributed by atoms with Crippen LogP contribution in [0.5, 0.6) is 0 Å². The van der Waals surface area contributed by atoms with E-state index < -0.39 is 0 Å². The first kappa shape index (κ1) is 18.8. The smallest absolute Gasteiger partial charge is 0.327 e. The Balaban J connectivity index is 0.000000261. The third-order valence-corrected chi connectivity index (χ3v) is 2.65. The van der Waals surface area contributed by atoms with Gasteiger partial charge in [-0.2, -0.15) is 0 Å². The molecular weight excluding hydrogens is 298 g/mol. The topological polar surface area (TPSA) is 99.4 Å². The molecule has 0 N–H and O–H groups in total. The molecule has 0 spiro atoms. The lowest BCUT2D eigenvalue weighted by atomic mass is 10.5. The van der Waals surface area contributed by atoms with E-state index in [0.29, 0.717) is 32.8 Å². The van der Waals surface area contributed by atoms with Crippen molar-refractivity contribution in [2.45, 2.75) is 25.3 Å². The van der Waals surface area contributed by atoms with Crippen molar-refractivity contribution in [3.05, 3.63) is 0 Å². The fourth-order valence-electron chi connectivity index (χ4n) is 1.32. The minimum absolute atomic E-state index is 0.117. The number of ether oxygens (including phenoxy) is 5. The van der Waals surface area contributed by atoms with Crippen LogP contribution in [0.4, 0.5) is 0 Å². The number of rotatable bonds is 9. The van der Waals surface area contributed by atoms with Crippen molar-refractivity contribution in [3.8, 4) is 0 Å². The van der Waals surface area contributed by atoms with E-state index in [4.69, 9.17) is 19.0 Å². The van der Waals surface area contributed by atoms with Gasteiger partial charge in [0.05, 0.1) is 46.4 Å². The molecule has 2 fully saturated rings. The molecule has 0 aliphatic carbocycles. The molecule has 0 saturated carbocycles. The molecule has 9 nitrogen and oxygen atoms in total. The van der Waals surface area contributed by atoms with E-state index in [-0.39, 0.29) is 30.8 Å². The normalized spacial score (nSPS) is 21.6. The molecule has 0 amide bonds. The third kappa shape index (κ3) is 8.25. The Morgan fingerprint density at radius 3 is 1.77 bits per heavy atom. The third-order valence-electron chi connectivity index (χ3n) is 2.65. The Morgan fingerprint density at radius 2 is 1.41 bits per heavy atom. The highest BCUT2D eigenvalue weighted by molar-refractivity contribution is 5.69. The number of hydrogen-bond acceptors (Lipinski definition) is 9. The number of carbonyl (C=O) groups excluding carboxylic acids is 2. The molecule has 128 valence electrons. The highest BCUT2D eigenvalue weighted by atomic mass is 16.8. The summed E-state index contributed by atoms with van der Waals surface area (Å²) in [5, 5.41) is 1.47. The molecule has 0 radical (unpaired) electrons. The summed E-state index contributed by atoms with van der Waals surface area (Å²) in [6.07, 6.45) is 0.349. The van der Waals surface area contributed by atoms with Gasteiger partial charge >= 0.3 is 11.9 Å². The van der Waals surface area contributed by atoms with Gasteiger partial charge in [0.15, 0.2) is 12.5 Å². The molecule has 0 aromatic rings. The summed E-state index contributed by atoms with van der Waals surface area (Å²) < 4.78 is 23.7. The maximum atomic E-state index is 11.2. The molecule has 2 aliphatic rings. The number of esters is 1. The highest BCUT2D eigenvalue weighted by Gasteiger charge is 2.44. The van der Waals surface area contributed by atoms with Gasteiger partial charge in [0.2, 0.25) is 0 Å². The Bertz CT molecular complexity index is 331. The molecular formula is C13H23NO8. The Labute approximate surface area is 129 Å². The highest BCUT2D eigenvalue weighted by Crippen LogP contribution is 2.25. The van der Waals surface area contributed by atoms with Crippen LogP contribution in [0.1, 0.15) is 12.8 Å². The van der Waals surface area contributed by atoms with Crippen LogP contribution < -0.4 is 0 Å². The van der Waals surface area contributed by atoms with Gasteiger partial charge in [-0.15, -0.1) is 0 Å². The second kappa shape index (κ2) is 10.5. The van der Waals surface area contributed by atoms with Crippen LogP contribution in [0.15, 0.2) is 0 Å². The van der Waals surface area contributed by atoms with Crippen molar-refractivity contribution in [3.63, 3.8) is 0 Å². The van der Waals surface area contributed by atoms with Gasteiger partial charge in [-0.1, -0.05) is 5.06 Å². The zero-order valence-electron chi connectivity index (χ0n) is 13.1. The Kier molecular flexibility index (Phi) is 8.94. The van der Waals surface area contributed by atoms with Gasteiger partial charge in [-0.05, 0) is 0 Å². The van der Waals surface area contributed by atoms with E-state index in [1.165, 1.54) is 12.2 Å². The van der Waals surface area contributed by atoms with Gasteiger partial charge in [-0.25, -0.2) is 0 Å². The monoisotopic (exact) mass is 321 g/mol. The van der Waals surface area contributed by atoms with Crippen LogP contribution in [-0.2, 0) is 38.1 Å². The first-order chi connectivity index (χ1) is 10.6. The van der Waals surface area contributed by atoms with Crippen LogP contribution in [0.3, 0.4) is 0 Å². The quantitative estimate of drug-likeness (QED) is 0.321. The number of carbonyl (C=O) groups is 2. The lowest BCUT2D eigenvalue weighted by Crippen LogP contribution is -2.33. The fraction of sp³-hybridized carbons (Fsp3) is 0.846. The number of epoxide rings is 2. The second-order valence-electron chi connectivity index (χ2n) is 4.46. The van der Waals surface area contributed by atoms with Gasteiger partial charge in [0.25, 0.3) is 0 Å². The summed E-state index contributed by atoms with van der Waals surface area (Å²) in [4.78, 5) is 26.6. The van der Waals surface area contributed by atoms with E-state index in [0.717, 1.165) is 0 Å². The average molecular weight is 321 g/mol. The summed E-state index contributed by atoms with van der Waals surface area (Å²) in [7, 11) is 4.44. The predicted octanol–water partition coefficient (Wildman–Crippen LogP) is -0.308. The van der Waals surface area contributed by atoms with Gasteiger partial charge in [0.1, 0.15) is 0 Å². The average Bonchev–Trinajstić information content (AvgIpc) is 3.41. The molecule has 0 bridgehead atoms. The predicted molar refractivity (Wildman–Crippen MR) is 72.4 cm³/mol. The maximum Gasteiger partial charge on any atom is 0.327 e. The maximum absolute atomic E-state index is 11.2. The number of hydrogen-bond donors (Lipinski definition) is 0. The molecule has 2 aliphatic heterocycles. The lowest BCUT2D eigenvalue weighted by molar-refractivity contribution is -0.214. The van der Waals surface area contributed by atoms with Crippen LogP contribution >= 0.6 is 0 Å². The number of nitrogens with zero attached hydrogens (tertiary/aromatic N) is 1. The summed E-state index contributed by atoms with van der Waals surface area (Å²) in [5.74, 6) is -0.551. The molecule has 0 aromatic heterocycles. The molecule has 2 atom stereocenters. The van der Waals surface area contributed by atoms with Crippen molar-refractivity contribution in [1.29, 1.82) is 0 Å². The standard InChI is InChI=1S/C8H13NO5.C5H10O3/c1-11-3-2-8(10)14-9(6-4-12-6)7-5-13-7;1-7-4-3-5(6)8-2/h6-7H,2-5H2,1H3;3-4H2,1-2H3. The van der Waals surface area contributed by atoms with Crippen molar-refractivity contribution < 1.29 is 38.1 Å². The molecule has 9 heteroatoms. The van der Waals surface area contributed by atoms with E-state index in [2.05, 4.69) is 9.47 Å². The zero-order valence-corrected chi connectivity index (χ0v) is 13.1. The Hall–Kier alpha value is -1.26. The summed E-state index contributed by atoms with van der Waals surface area (Å²) >= 11 is 0. The molecule has 2 heterocycles. The van der Waals surface area contributed by atoms with Gasteiger partial charge in [0, 0.05) is 14.2 Å². The number of methoxy groups -OCH3 is 3. The van der Waals surface area contributed by atoms with E-state index >= 15 is 0 Å². The molecule has 22 heavy (non-hydrogen) atoms. The lowest BCUT2D eigenvalue weighted by Gasteiger charge is -2.15.